The second-order valence-corrected chi connectivity index (χ2v) is 9.70. The van der Waals surface area contributed by atoms with Crippen LogP contribution in [0, 0.1) is 13.8 Å². The molecule has 5 rings (SSSR count). The monoisotopic (exact) mass is 494 g/mol. The van der Waals surface area contributed by atoms with Crippen LogP contribution in [0.15, 0.2) is 83.3 Å². The molecule has 2 heterocycles. The number of para-hydroxylation sites is 1. The number of hydrogen-bond donors (Lipinski definition) is 1. The molecule has 0 unspecified atom stereocenters. The van der Waals surface area contributed by atoms with E-state index >= 15 is 0 Å². The second-order valence-electron chi connectivity index (χ2n) is 9.70. The number of carbonyl (C=O) groups is 1. The van der Waals surface area contributed by atoms with Gasteiger partial charge in [-0.1, -0.05) is 78.9 Å². The first-order valence-corrected chi connectivity index (χ1v) is 13.0. The summed E-state index contributed by atoms with van der Waals surface area (Å²) in [5, 5.41) is 3.10. The van der Waals surface area contributed by atoms with Crippen molar-refractivity contribution in [3.8, 4) is 22.6 Å². The average molecular weight is 495 g/mol. The molecule has 0 spiro atoms. The summed E-state index contributed by atoms with van der Waals surface area (Å²) in [7, 11) is 0. The van der Waals surface area contributed by atoms with E-state index in [1.54, 1.807) is 0 Å². The molecule has 0 radical (unpaired) electrons. The Hall–Kier alpha value is -3.74. The largest absolute Gasteiger partial charge is 0.440 e. The number of nitrogens with one attached hydrogen (secondary N) is 1. The van der Waals surface area contributed by atoms with Crippen LogP contribution in [-0.2, 0) is 11.2 Å². The van der Waals surface area contributed by atoms with E-state index in [9.17, 15) is 4.79 Å². The van der Waals surface area contributed by atoms with Crippen molar-refractivity contribution in [3.63, 3.8) is 0 Å². The zero-order valence-electron chi connectivity index (χ0n) is 21.6. The fraction of sp³-hybridized carbons (Fsp3) is 0.290. The van der Waals surface area contributed by atoms with E-state index in [4.69, 9.17) is 9.40 Å². The number of carbonyl (C=O) groups excluding carboxylic acids is 1. The van der Waals surface area contributed by atoms with E-state index < -0.39 is 0 Å². The first-order valence-electron chi connectivity index (χ1n) is 13.0. The van der Waals surface area contributed by atoms with Crippen molar-refractivity contribution < 1.29 is 9.21 Å². The third-order valence-corrected chi connectivity index (χ3v) is 6.97. The summed E-state index contributed by atoms with van der Waals surface area (Å²) in [4.78, 5) is 22.2. The van der Waals surface area contributed by atoms with Gasteiger partial charge in [-0.2, -0.15) is 0 Å². The zero-order valence-corrected chi connectivity index (χ0v) is 21.6. The summed E-state index contributed by atoms with van der Waals surface area (Å²) < 4.78 is 6.29. The molecule has 1 saturated heterocycles. The number of aryl methyl sites for hydroxylation is 2. The highest BCUT2D eigenvalue weighted by Gasteiger charge is 2.21. The van der Waals surface area contributed by atoms with Gasteiger partial charge in [-0.15, -0.1) is 0 Å². The smallest absolute Gasteiger partial charge is 0.238 e. The molecule has 1 aliphatic rings. The Balaban J connectivity index is 1.16. The van der Waals surface area contributed by atoms with E-state index in [1.807, 2.05) is 68.4 Å². The number of rotatable bonds is 8. The van der Waals surface area contributed by atoms with Crippen molar-refractivity contribution in [2.45, 2.75) is 20.3 Å². The lowest BCUT2D eigenvalue weighted by Crippen LogP contribution is -2.49. The van der Waals surface area contributed by atoms with Crippen LogP contribution >= 0.6 is 0 Å². The minimum absolute atomic E-state index is 0.0486. The maximum Gasteiger partial charge on any atom is 0.238 e. The van der Waals surface area contributed by atoms with Gasteiger partial charge in [0.25, 0.3) is 0 Å². The molecule has 1 fully saturated rings. The first kappa shape index (κ1) is 24.9. The molecule has 6 nitrogen and oxygen atoms in total. The van der Waals surface area contributed by atoms with Gasteiger partial charge in [0.15, 0.2) is 11.7 Å². The Morgan fingerprint density at radius 2 is 1.41 bits per heavy atom. The van der Waals surface area contributed by atoms with Crippen molar-refractivity contribution in [1.82, 2.24) is 14.8 Å². The van der Waals surface area contributed by atoms with Crippen LogP contribution < -0.4 is 5.32 Å². The van der Waals surface area contributed by atoms with E-state index in [2.05, 4.69) is 39.4 Å². The van der Waals surface area contributed by atoms with Crippen molar-refractivity contribution in [2.75, 3.05) is 44.6 Å². The maximum absolute atomic E-state index is 12.7. The highest BCUT2D eigenvalue weighted by atomic mass is 16.4. The molecule has 1 amide bonds. The van der Waals surface area contributed by atoms with Gasteiger partial charge in [-0.05, 0) is 25.0 Å². The SMILES string of the molecule is Cc1cccc(C)c1NC(=O)CN1CCN(CCc2nc(-c3ccccc3)c(-c3ccccc3)o2)CC1. The molecule has 1 N–H and O–H groups in total. The lowest BCUT2D eigenvalue weighted by molar-refractivity contribution is -0.117. The van der Waals surface area contributed by atoms with Crippen LogP contribution in [-0.4, -0.2) is 60.0 Å². The molecule has 1 aromatic heterocycles. The predicted octanol–water partition coefficient (Wildman–Crippen LogP) is 5.42. The number of hydrogen-bond acceptors (Lipinski definition) is 5. The molecule has 0 aliphatic carbocycles. The van der Waals surface area contributed by atoms with Crippen molar-refractivity contribution >= 4 is 11.6 Å². The third-order valence-electron chi connectivity index (χ3n) is 6.97. The second kappa shape index (κ2) is 11.5. The fourth-order valence-corrected chi connectivity index (χ4v) is 4.87. The summed E-state index contributed by atoms with van der Waals surface area (Å²) in [6.45, 7) is 8.95. The van der Waals surface area contributed by atoms with Crippen molar-refractivity contribution in [3.05, 3.63) is 95.9 Å². The Labute approximate surface area is 218 Å². The van der Waals surface area contributed by atoms with Crippen LogP contribution in [0.1, 0.15) is 17.0 Å². The zero-order chi connectivity index (χ0) is 25.6. The molecule has 3 aromatic carbocycles. The Morgan fingerprint density at radius 3 is 2.05 bits per heavy atom. The number of nitrogens with zero attached hydrogens (tertiary/aromatic N) is 3. The van der Waals surface area contributed by atoms with Gasteiger partial charge in [-0.25, -0.2) is 4.98 Å². The van der Waals surface area contributed by atoms with Crippen LogP contribution in [0.2, 0.25) is 0 Å². The summed E-state index contributed by atoms with van der Waals surface area (Å²) >= 11 is 0. The Kier molecular flexibility index (Phi) is 7.78. The molecule has 6 heteroatoms. The minimum Gasteiger partial charge on any atom is -0.440 e. The van der Waals surface area contributed by atoms with Crippen LogP contribution in [0.4, 0.5) is 5.69 Å². The highest BCUT2D eigenvalue weighted by Crippen LogP contribution is 2.32. The van der Waals surface area contributed by atoms with E-state index in [1.165, 1.54) is 0 Å². The summed E-state index contributed by atoms with van der Waals surface area (Å²) in [6.07, 6.45) is 0.750. The Morgan fingerprint density at radius 1 is 0.811 bits per heavy atom. The molecular formula is C31H34N4O2. The van der Waals surface area contributed by atoms with Crippen LogP contribution in [0.3, 0.4) is 0 Å². The van der Waals surface area contributed by atoms with Crippen molar-refractivity contribution in [1.29, 1.82) is 0 Å². The molecule has 190 valence electrons. The maximum atomic E-state index is 12.7. The van der Waals surface area contributed by atoms with E-state index in [-0.39, 0.29) is 5.91 Å². The lowest BCUT2D eigenvalue weighted by Gasteiger charge is -2.34. The minimum atomic E-state index is 0.0486. The first-order chi connectivity index (χ1) is 18.1. The van der Waals surface area contributed by atoms with Gasteiger partial charge >= 0.3 is 0 Å². The quantitative estimate of drug-likeness (QED) is 0.354. The fourth-order valence-electron chi connectivity index (χ4n) is 4.87. The summed E-state index contributed by atoms with van der Waals surface area (Å²) in [5.41, 5.74) is 6.10. The van der Waals surface area contributed by atoms with E-state index in [0.717, 1.165) is 84.4 Å². The van der Waals surface area contributed by atoms with E-state index in [0.29, 0.717) is 6.54 Å². The summed E-state index contributed by atoms with van der Waals surface area (Å²) in [5.74, 6) is 1.63. The molecule has 37 heavy (non-hydrogen) atoms. The van der Waals surface area contributed by atoms with Gasteiger partial charge in [-0.3, -0.25) is 9.69 Å². The summed E-state index contributed by atoms with van der Waals surface area (Å²) in [6, 6.07) is 26.5. The number of benzene rings is 3. The highest BCUT2D eigenvalue weighted by molar-refractivity contribution is 5.93. The molecular weight excluding hydrogens is 460 g/mol. The van der Waals surface area contributed by atoms with Gasteiger partial charge in [0.2, 0.25) is 5.91 Å². The number of anilines is 1. The van der Waals surface area contributed by atoms with Gasteiger partial charge in [0.05, 0.1) is 6.54 Å². The van der Waals surface area contributed by atoms with Crippen LogP contribution in [0.25, 0.3) is 22.6 Å². The molecule has 0 bridgehead atoms. The number of aromatic nitrogens is 1. The molecule has 0 atom stereocenters. The normalized spacial score (nSPS) is 14.5. The van der Waals surface area contributed by atoms with Gasteiger partial charge < -0.3 is 14.6 Å². The standard InChI is InChI=1S/C31H34N4O2/c1-23-10-9-11-24(2)29(23)32-27(36)22-35-20-18-34(19-21-35)17-16-28-33-30(25-12-5-3-6-13-25)31(37-28)26-14-7-4-8-15-26/h3-15H,16-22H2,1-2H3,(H,32,36). The molecule has 1 aliphatic heterocycles. The topological polar surface area (TPSA) is 61.6 Å². The van der Waals surface area contributed by atoms with Gasteiger partial charge in [0.1, 0.15) is 5.69 Å². The van der Waals surface area contributed by atoms with Crippen LogP contribution in [0.5, 0.6) is 0 Å². The predicted molar refractivity (Wildman–Crippen MR) is 149 cm³/mol. The molecule has 4 aromatic rings. The molecule has 0 saturated carbocycles. The Bertz CT molecular complexity index is 1250. The lowest BCUT2D eigenvalue weighted by atomic mass is 10.1. The van der Waals surface area contributed by atoms with Gasteiger partial charge in [0, 0.05) is 56.0 Å². The number of amides is 1. The third kappa shape index (κ3) is 6.16. The number of oxazole rings is 1. The van der Waals surface area contributed by atoms with Crippen molar-refractivity contribution in [2.24, 2.45) is 0 Å². The average Bonchev–Trinajstić information content (AvgIpc) is 3.36. The number of piperazine rings is 1.